The summed E-state index contributed by atoms with van der Waals surface area (Å²) in [6.07, 6.45) is 4.99. The minimum atomic E-state index is -0.281. The monoisotopic (exact) mass is 492 g/mol. The SMILES string of the molecule is CCCCOc1ccc(-c2nnn(CC(=O)Nc3sc4c(c3C#N)CC[C@@H](C(C)(C)C)C4)n2)cc1. The maximum absolute atomic E-state index is 12.7. The molecule has 0 fully saturated rings. The number of benzene rings is 1. The fourth-order valence-electron chi connectivity index (χ4n) is 4.29. The van der Waals surface area contributed by atoms with Gasteiger partial charge < -0.3 is 10.1 Å². The van der Waals surface area contributed by atoms with E-state index in [1.54, 1.807) is 0 Å². The Kier molecular flexibility index (Phi) is 7.51. The van der Waals surface area contributed by atoms with Gasteiger partial charge >= 0.3 is 0 Å². The van der Waals surface area contributed by atoms with Crippen LogP contribution in [0.5, 0.6) is 5.75 Å². The summed E-state index contributed by atoms with van der Waals surface area (Å²) in [6.45, 7) is 9.53. The molecule has 8 nitrogen and oxygen atoms in total. The van der Waals surface area contributed by atoms with Crippen molar-refractivity contribution < 1.29 is 9.53 Å². The first-order valence-corrected chi connectivity index (χ1v) is 13.0. The molecule has 1 aliphatic rings. The summed E-state index contributed by atoms with van der Waals surface area (Å²) in [7, 11) is 0. The smallest absolute Gasteiger partial charge is 0.248 e. The molecule has 2 aromatic heterocycles. The average molecular weight is 493 g/mol. The number of tetrazole rings is 1. The van der Waals surface area contributed by atoms with Gasteiger partial charge in [0.15, 0.2) is 0 Å². The Morgan fingerprint density at radius 1 is 1.31 bits per heavy atom. The minimum Gasteiger partial charge on any atom is -0.494 e. The minimum absolute atomic E-state index is 0.0801. The number of hydrogen-bond acceptors (Lipinski definition) is 7. The first-order valence-electron chi connectivity index (χ1n) is 12.1. The number of amides is 1. The van der Waals surface area contributed by atoms with E-state index in [2.05, 4.69) is 54.5 Å². The van der Waals surface area contributed by atoms with Crippen LogP contribution in [0.2, 0.25) is 0 Å². The first kappa shape index (κ1) is 24.9. The second-order valence-corrected chi connectivity index (χ2v) is 11.1. The molecule has 4 rings (SSSR count). The average Bonchev–Trinajstić information content (AvgIpc) is 3.42. The summed E-state index contributed by atoms with van der Waals surface area (Å²) in [6, 6.07) is 9.82. The second-order valence-electron chi connectivity index (χ2n) is 10.0. The second kappa shape index (κ2) is 10.6. The molecule has 0 saturated heterocycles. The molecule has 0 saturated carbocycles. The van der Waals surface area contributed by atoms with Gasteiger partial charge in [-0.2, -0.15) is 10.1 Å². The van der Waals surface area contributed by atoms with Crippen LogP contribution in [0.1, 0.15) is 63.0 Å². The van der Waals surface area contributed by atoms with Crippen LogP contribution >= 0.6 is 11.3 Å². The molecular formula is C26H32N6O2S. The Morgan fingerprint density at radius 3 is 2.77 bits per heavy atom. The van der Waals surface area contributed by atoms with Gasteiger partial charge in [0.1, 0.15) is 23.4 Å². The van der Waals surface area contributed by atoms with Gasteiger partial charge in [0.25, 0.3) is 0 Å². The van der Waals surface area contributed by atoms with Gasteiger partial charge in [0, 0.05) is 10.4 Å². The largest absolute Gasteiger partial charge is 0.494 e. The lowest BCUT2D eigenvalue weighted by molar-refractivity contribution is -0.117. The fraction of sp³-hybridized carbons (Fsp3) is 0.500. The number of unbranched alkanes of at least 4 members (excludes halogenated alkanes) is 1. The van der Waals surface area contributed by atoms with Crippen LogP contribution < -0.4 is 10.1 Å². The van der Waals surface area contributed by atoms with E-state index >= 15 is 0 Å². The summed E-state index contributed by atoms with van der Waals surface area (Å²) in [4.78, 5) is 15.2. The van der Waals surface area contributed by atoms with Gasteiger partial charge in [-0.15, -0.1) is 21.5 Å². The van der Waals surface area contributed by atoms with Gasteiger partial charge in [-0.25, -0.2) is 0 Å². The Bertz CT molecular complexity index is 1220. The standard InChI is InChI=1S/C26H32N6O2S/c1-5-6-13-34-19-10-7-17(8-11-19)24-29-31-32(30-24)16-23(33)28-25-21(15-27)20-12-9-18(26(2,3)4)14-22(20)35-25/h7-8,10-11,18H,5-6,9,12-14,16H2,1-4H3,(H,28,33)/t18-/m1/s1. The van der Waals surface area contributed by atoms with Gasteiger partial charge in [-0.05, 0) is 72.1 Å². The number of rotatable bonds is 8. The van der Waals surface area contributed by atoms with Crippen molar-refractivity contribution in [1.29, 1.82) is 5.26 Å². The quantitative estimate of drug-likeness (QED) is 0.431. The number of aromatic nitrogens is 4. The topological polar surface area (TPSA) is 106 Å². The Balaban J connectivity index is 1.39. The highest BCUT2D eigenvalue weighted by Crippen LogP contribution is 2.44. The molecule has 0 spiro atoms. The zero-order chi connectivity index (χ0) is 25.0. The van der Waals surface area contributed by atoms with E-state index in [1.807, 2.05) is 24.3 Å². The van der Waals surface area contributed by atoms with E-state index in [0.717, 1.165) is 49.0 Å². The van der Waals surface area contributed by atoms with Crippen LogP contribution in [-0.2, 0) is 24.2 Å². The normalized spacial score (nSPS) is 15.3. The predicted molar refractivity (Wildman–Crippen MR) is 136 cm³/mol. The number of fused-ring (bicyclic) bond motifs is 1. The number of nitrogens with one attached hydrogen (secondary N) is 1. The van der Waals surface area contributed by atoms with Crippen LogP contribution in [0.15, 0.2) is 24.3 Å². The number of thiophene rings is 1. The number of anilines is 1. The molecule has 1 N–H and O–H groups in total. The number of nitriles is 1. The summed E-state index contributed by atoms with van der Waals surface area (Å²) < 4.78 is 5.69. The molecule has 1 amide bonds. The third kappa shape index (κ3) is 5.88. The summed E-state index contributed by atoms with van der Waals surface area (Å²) in [5.41, 5.74) is 2.71. The molecule has 0 aliphatic heterocycles. The third-order valence-corrected chi connectivity index (χ3v) is 7.64. The number of hydrogen-bond donors (Lipinski definition) is 1. The van der Waals surface area contributed by atoms with Gasteiger partial charge in [0.2, 0.25) is 11.7 Å². The molecule has 0 bridgehead atoms. The van der Waals surface area contributed by atoms with E-state index in [9.17, 15) is 10.1 Å². The fourth-order valence-corrected chi connectivity index (χ4v) is 5.58. The molecule has 3 aromatic rings. The number of carbonyl (C=O) groups excluding carboxylic acids is 1. The highest BCUT2D eigenvalue weighted by Gasteiger charge is 2.32. The van der Waals surface area contributed by atoms with E-state index < -0.39 is 0 Å². The van der Waals surface area contributed by atoms with Crippen molar-refractivity contribution in [2.45, 2.75) is 66.3 Å². The Hall–Kier alpha value is -3.25. The predicted octanol–water partition coefficient (Wildman–Crippen LogP) is 5.24. The van der Waals surface area contributed by atoms with Crippen LogP contribution in [-0.4, -0.2) is 32.7 Å². The van der Waals surface area contributed by atoms with Crippen molar-refractivity contribution in [3.63, 3.8) is 0 Å². The highest BCUT2D eigenvalue weighted by molar-refractivity contribution is 7.16. The van der Waals surface area contributed by atoms with Crippen molar-refractivity contribution in [2.75, 3.05) is 11.9 Å². The van der Waals surface area contributed by atoms with E-state index in [4.69, 9.17) is 4.74 Å². The van der Waals surface area contributed by atoms with Crippen molar-refractivity contribution in [3.05, 3.63) is 40.3 Å². The molecule has 1 aliphatic carbocycles. The molecule has 9 heteroatoms. The Labute approximate surface area is 210 Å². The number of nitrogens with zero attached hydrogens (tertiary/aromatic N) is 5. The summed E-state index contributed by atoms with van der Waals surface area (Å²) in [5.74, 6) is 1.53. The molecule has 184 valence electrons. The van der Waals surface area contributed by atoms with E-state index in [-0.39, 0.29) is 17.9 Å². The van der Waals surface area contributed by atoms with Crippen molar-refractivity contribution >= 4 is 22.2 Å². The molecule has 1 atom stereocenters. The molecule has 0 unspecified atom stereocenters. The summed E-state index contributed by atoms with van der Waals surface area (Å²) in [5, 5.41) is 25.7. The summed E-state index contributed by atoms with van der Waals surface area (Å²) >= 11 is 1.52. The van der Waals surface area contributed by atoms with Crippen LogP contribution in [0.3, 0.4) is 0 Å². The third-order valence-electron chi connectivity index (χ3n) is 6.47. The maximum Gasteiger partial charge on any atom is 0.248 e. The van der Waals surface area contributed by atoms with E-state index in [1.165, 1.54) is 21.0 Å². The molecule has 1 aromatic carbocycles. The zero-order valence-corrected chi connectivity index (χ0v) is 21.6. The van der Waals surface area contributed by atoms with Crippen molar-refractivity contribution in [2.24, 2.45) is 11.3 Å². The number of ether oxygens (including phenoxy) is 1. The van der Waals surface area contributed by atoms with Crippen molar-refractivity contribution in [1.82, 2.24) is 20.2 Å². The number of carbonyl (C=O) groups is 1. The maximum atomic E-state index is 12.7. The zero-order valence-electron chi connectivity index (χ0n) is 20.8. The van der Waals surface area contributed by atoms with Crippen molar-refractivity contribution in [3.8, 4) is 23.2 Å². The molecule has 0 radical (unpaired) electrons. The lowest BCUT2D eigenvalue weighted by Gasteiger charge is -2.33. The Morgan fingerprint density at radius 2 is 2.09 bits per heavy atom. The van der Waals surface area contributed by atoms with Gasteiger partial charge in [0.05, 0.1) is 12.2 Å². The first-order chi connectivity index (χ1) is 16.8. The molecule has 35 heavy (non-hydrogen) atoms. The van der Waals surface area contributed by atoms with Gasteiger partial charge in [-0.1, -0.05) is 34.1 Å². The molecule has 2 heterocycles. The molecular weight excluding hydrogens is 460 g/mol. The lowest BCUT2D eigenvalue weighted by atomic mass is 9.72. The highest BCUT2D eigenvalue weighted by atomic mass is 32.1. The van der Waals surface area contributed by atoms with Crippen LogP contribution in [0.25, 0.3) is 11.4 Å². The van der Waals surface area contributed by atoms with Gasteiger partial charge in [-0.3, -0.25) is 4.79 Å². The van der Waals surface area contributed by atoms with Crippen LogP contribution in [0, 0.1) is 22.7 Å². The van der Waals surface area contributed by atoms with E-state index in [0.29, 0.717) is 28.9 Å². The van der Waals surface area contributed by atoms with Crippen LogP contribution in [0.4, 0.5) is 5.00 Å². The lowest BCUT2D eigenvalue weighted by Crippen LogP contribution is -2.26.